The molecule has 0 radical (unpaired) electrons. The summed E-state index contributed by atoms with van der Waals surface area (Å²) in [5.74, 6) is 0. The van der Waals surface area contributed by atoms with E-state index in [1.165, 1.54) is 12.8 Å². The molecule has 0 bridgehead atoms. The molecule has 1 saturated heterocycles. The van der Waals surface area contributed by atoms with Gasteiger partial charge in [0.25, 0.3) is 0 Å². The minimum atomic E-state index is 0.306. The molecule has 3 heteroatoms. The molecule has 1 aliphatic heterocycles. The lowest BCUT2D eigenvalue weighted by Crippen LogP contribution is -2.20. The number of nitrogens with one attached hydrogen (secondary N) is 1. The molecular weight excluding hydrogens is 130 g/mol. The highest BCUT2D eigenvalue weighted by Crippen LogP contribution is 2.23. The van der Waals surface area contributed by atoms with Crippen LogP contribution in [0.5, 0.6) is 0 Å². The second kappa shape index (κ2) is 2.86. The van der Waals surface area contributed by atoms with Gasteiger partial charge in [0.05, 0.1) is 25.5 Å². The molecule has 1 aliphatic carbocycles. The van der Waals surface area contributed by atoms with Crippen LogP contribution in [-0.2, 0) is 9.47 Å². The highest BCUT2D eigenvalue weighted by molar-refractivity contribution is 4.75. The van der Waals surface area contributed by atoms with Crippen LogP contribution >= 0.6 is 0 Å². The van der Waals surface area contributed by atoms with Gasteiger partial charge < -0.3 is 9.47 Å². The smallest absolute Gasteiger partial charge is 0.0971 e. The first-order valence-corrected chi connectivity index (χ1v) is 3.89. The summed E-state index contributed by atoms with van der Waals surface area (Å²) in [6.45, 7) is 2.42. The third-order valence-electron chi connectivity index (χ3n) is 1.84. The van der Waals surface area contributed by atoms with E-state index in [2.05, 4.69) is 5.32 Å². The summed E-state index contributed by atoms with van der Waals surface area (Å²) >= 11 is 0. The first kappa shape index (κ1) is 6.58. The maximum atomic E-state index is 5.47. The molecule has 1 unspecified atom stereocenters. The zero-order valence-corrected chi connectivity index (χ0v) is 6.01. The van der Waals surface area contributed by atoms with Crippen LogP contribution in [0, 0.1) is 0 Å². The van der Waals surface area contributed by atoms with E-state index in [0.29, 0.717) is 18.9 Å². The molecule has 0 amide bonds. The van der Waals surface area contributed by atoms with Gasteiger partial charge in [-0.1, -0.05) is 0 Å². The van der Waals surface area contributed by atoms with Crippen molar-refractivity contribution in [3.63, 3.8) is 0 Å². The number of hydrogen-bond acceptors (Lipinski definition) is 3. The Hall–Kier alpha value is -0.120. The number of ether oxygens (including phenoxy) is 2. The van der Waals surface area contributed by atoms with Crippen LogP contribution in [0.4, 0.5) is 0 Å². The Balaban J connectivity index is 1.59. The largest absolute Gasteiger partial charge is 0.375 e. The van der Waals surface area contributed by atoms with E-state index in [1.54, 1.807) is 0 Å². The van der Waals surface area contributed by atoms with E-state index in [4.69, 9.17) is 9.47 Å². The van der Waals surface area contributed by atoms with Crippen molar-refractivity contribution in [2.75, 3.05) is 19.9 Å². The van der Waals surface area contributed by atoms with Crippen molar-refractivity contribution in [2.45, 2.75) is 25.0 Å². The third-order valence-corrected chi connectivity index (χ3v) is 1.84. The molecule has 2 fully saturated rings. The standard InChI is InChI=1S/C7H13NO2/c1-2-6(1)9-4-7-3-8-5-10-7/h6-8H,1-5H2. The van der Waals surface area contributed by atoms with Crippen LogP contribution in [0.2, 0.25) is 0 Å². The fourth-order valence-corrected chi connectivity index (χ4v) is 1.04. The molecule has 58 valence electrons. The molecule has 0 aromatic heterocycles. The Morgan fingerprint density at radius 2 is 2.40 bits per heavy atom. The second-order valence-electron chi connectivity index (χ2n) is 2.92. The van der Waals surface area contributed by atoms with Crippen LogP contribution in [-0.4, -0.2) is 32.1 Å². The summed E-state index contributed by atoms with van der Waals surface area (Å²) < 4.78 is 10.8. The van der Waals surface area contributed by atoms with E-state index in [9.17, 15) is 0 Å². The molecular formula is C7H13NO2. The van der Waals surface area contributed by atoms with Gasteiger partial charge in [-0.05, 0) is 12.8 Å². The summed E-state index contributed by atoms with van der Waals surface area (Å²) in [5, 5.41) is 3.11. The van der Waals surface area contributed by atoms with Crippen LogP contribution < -0.4 is 5.32 Å². The number of hydrogen-bond donors (Lipinski definition) is 1. The maximum absolute atomic E-state index is 5.47. The van der Waals surface area contributed by atoms with Crippen LogP contribution in [0.25, 0.3) is 0 Å². The van der Waals surface area contributed by atoms with Crippen LogP contribution in [0.3, 0.4) is 0 Å². The van der Waals surface area contributed by atoms with E-state index in [1.807, 2.05) is 0 Å². The lowest BCUT2D eigenvalue weighted by molar-refractivity contribution is 0.0140. The zero-order chi connectivity index (χ0) is 6.81. The molecule has 1 atom stereocenters. The Labute approximate surface area is 60.7 Å². The summed E-state index contributed by atoms with van der Waals surface area (Å²) in [5.41, 5.74) is 0. The molecule has 0 spiro atoms. The minimum absolute atomic E-state index is 0.306. The van der Waals surface area contributed by atoms with E-state index < -0.39 is 0 Å². The molecule has 0 aromatic rings. The van der Waals surface area contributed by atoms with Crippen molar-refractivity contribution in [2.24, 2.45) is 0 Å². The molecule has 1 heterocycles. The Bertz CT molecular complexity index is 108. The van der Waals surface area contributed by atoms with Crippen molar-refractivity contribution in [1.82, 2.24) is 5.32 Å². The molecule has 1 N–H and O–H groups in total. The Kier molecular flexibility index (Phi) is 1.88. The molecule has 0 aromatic carbocycles. The topological polar surface area (TPSA) is 30.5 Å². The van der Waals surface area contributed by atoms with Crippen molar-refractivity contribution >= 4 is 0 Å². The lowest BCUT2D eigenvalue weighted by Gasteiger charge is -2.07. The summed E-state index contributed by atoms with van der Waals surface area (Å²) in [6.07, 6.45) is 3.37. The first-order valence-electron chi connectivity index (χ1n) is 3.89. The Morgan fingerprint density at radius 1 is 1.50 bits per heavy atom. The maximum Gasteiger partial charge on any atom is 0.0971 e. The fourth-order valence-electron chi connectivity index (χ4n) is 1.04. The van der Waals surface area contributed by atoms with Gasteiger partial charge in [-0.3, -0.25) is 5.32 Å². The SMILES string of the molecule is C1NCC(COC2CC2)O1. The quantitative estimate of drug-likeness (QED) is 0.608. The van der Waals surface area contributed by atoms with Gasteiger partial charge in [0.15, 0.2) is 0 Å². The van der Waals surface area contributed by atoms with E-state index >= 15 is 0 Å². The van der Waals surface area contributed by atoms with Crippen molar-refractivity contribution < 1.29 is 9.47 Å². The van der Waals surface area contributed by atoms with Crippen LogP contribution in [0.15, 0.2) is 0 Å². The predicted molar refractivity (Wildman–Crippen MR) is 36.7 cm³/mol. The van der Waals surface area contributed by atoms with Crippen molar-refractivity contribution in [3.05, 3.63) is 0 Å². The highest BCUT2D eigenvalue weighted by Gasteiger charge is 2.24. The lowest BCUT2D eigenvalue weighted by atomic mass is 10.4. The van der Waals surface area contributed by atoms with Gasteiger partial charge in [0.1, 0.15) is 0 Å². The van der Waals surface area contributed by atoms with Gasteiger partial charge in [0.2, 0.25) is 0 Å². The number of rotatable bonds is 3. The monoisotopic (exact) mass is 143 g/mol. The first-order chi connectivity index (χ1) is 4.95. The molecule has 2 aliphatic rings. The zero-order valence-electron chi connectivity index (χ0n) is 6.01. The fraction of sp³-hybridized carbons (Fsp3) is 1.00. The average Bonchev–Trinajstić information content (AvgIpc) is 2.63. The van der Waals surface area contributed by atoms with E-state index in [-0.39, 0.29) is 0 Å². The normalized spacial score (nSPS) is 33.0. The van der Waals surface area contributed by atoms with Crippen molar-refractivity contribution in [1.29, 1.82) is 0 Å². The van der Waals surface area contributed by atoms with Crippen LogP contribution in [0.1, 0.15) is 12.8 Å². The van der Waals surface area contributed by atoms with Gasteiger partial charge in [-0.15, -0.1) is 0 Å². The minimum Gasteiger partial charge on any atom is -0.375 e. The van der Waals surface area contributed by atoms with E-state index in [0.717, 1.165) is 13.2 Å². The highest BCUT2D eigenvalue weighted by atomic mass is 16.6. The Morgan fingerprint density at radius 3 is 3.00 bits per heavy atom. The van der Waals surface area contributed by atoms with Gasteiger partial charge >= 0.3 is 0 Å². The molecule has 10 heavy (non-hydrogen) atoms. The third kappa shape index (κ3) is 1.68. The molecule has 1 saturated carbocycles. The molecule has 2 rings (SSSR count). The summed E-state index contributed by atoms with van der Waals surface area (Å²) in [7, 11) is 0. The summed E-state index contributed by atoms with van der Waals surface area (Å²) in [6, 6.07) is 0. The second-order valence-corrected chi connectivity index (χ2v) is 2.92. The van der Waals surface area contributed by atoms with Gasteiger partial charge in [0, 0.05) is 6.54 Å². The van der Waals surface area contributed by atoms with Crippen molar-refractivity contribution in [3.8, 4) is 0 Å². The average molecular weight is 143 g/mol. The molecule has 3 nitrogen and oxygen atoms in total. The van der Waals surface area contributed by atoms with Gasteiger partial charge in [-0.2, -0.15) is 0 Å². The predicted octanol–water partition coefficient (Wildman–Crippen LogP) is 0.111. The summed E-state index contributed by atoms with van der Waals surface area (Å²) in [4.78, 5) is 0. The van der Waals surface area contributed by atoms with Gasteiger partial charge in [-0.25, -0.2) is 0 Å².